The van der Waals surface area contributed by atoms with Crippen molar-refractivity contribution in [2.24, 2.45) is 0 Å². The monoisotopic (exact) mass is 931 g/mol. The first-order valence-corrected chi connectivity index (χ1v) is 26.0. The Morgan fingerprint density at radius 1 is 0.562 bits per heavy atom. The SMILES string of the molecule is CCCCCCCC/C=C\CCCCCCCCCC(=O)OC[C@H](COP(=O)(O)OC1[C@H](O)[C@H](O)C(O)[C@H](O)[C@H]1O)OC(=O)CCCC(O)/C=C/C=C/C/C=C/CCCCCCCC. The van der Waals surface area contributed by atoms with E-state index < -0.39 is 81.8 Å². The van der Waals surface area contributed by atoms with Crippen molar-refractivity contribution in [2.45, 2.75) is 236 Å². The van der Waals surface area contributed by atoms with Gasteiger partial charge in [-0.05, 0) is 64.2 Å². The Hall–Kier alpha value is -2.23. The maximum absolute atomic E-state index is 12.8. The van der Waals surface area contributed by atoms with E-state index in [2.05, 4.69) is 38.2 Å². The van der Waals surface area contributed by atoms with E-state index >= 15 is 0 Å². The number of ether oxygens (including phenoxy) is 2. The first-order valence-electron chi connectivity index (χ1n) is 24.5. The summed E-state index contributed by atoms with van der Waals surface area (Å²) in [4.78, 5) is 35.8. The van der Waals surface area contributed by atoms with Crippen LogP contribution in [0, 0.1) is 0 Å². The number of aliphatic hydroxyl groups is 6. The van der Waals surface area contributed by atoms with Crippen molar-refractivity contribution in [1.29, 1.82) is 0 Å². The summed E-state index contributed by atoms with van der Waals surface area (Å²) < 4.78 is 33.4. The van der Waals surface area contributed by atoms with Gasteiger partial charge in [-0.3, -0.25) is 18.6 Å². The zero-order valence-electron chi connectivity index (χ0n) is 39.2. The molecule has 7 N–H and O–H groups in total. The first-order chi connectivity index (χ1) is 30.8. The average molecular weight is 931 g/mol. The van der Waals surface area contributed by atoms with Gasteiger partial charge in [-0.1, -0.05) is 159 Å². The van der Waals surface area contributed by atoms with Gasteiger partial charge in [0.1, 0.15) is 43.2 Å². The highest BCUT2D eigenvalue weighted by Crippen LogP contribution is 2.47. The lowest BCUT2D eigenvalue weighted by Crippen LogP contribution is -2.64. The summed E-state index contributed by atoms with van der Waals surface area (Å²) in [6.45, 7) is 3.13. The molecule has 1 rings (SSSR count). The molecule has 14 nitrogen and oxygen atoms in total. The number of carbonyl (C=O) groups is 2. The van der Waals surface area contributed by atoms with Gasteiger partial charge in [-0.25, -0.2) is 4.57 Å². The number of phosphoric ester groups is 1. The van der Waals surface area contributed by atoms with Gasteiger partial charge in [-0.15, -0.1) is 0 Å². The highest BCUT2D eigenvalue weighted by atomic mass is 31.2. The van der Waals surface area contributed by atoms with Crippen LogP contribution in [0.25, 0.3) is 0 Å². The van der Waals surface area contributed by atoms with Gasteiger partial charge in [0.05, 0.1) is 12.7 Å². The molecule has 9 atom stereocenters. The second-order valence-electron chi connectivity index (χ2n) is 17.2. The van der Waals surface area contributed by atoms with E-state index in [1.54, 1.807) is 12.2 Å². The van der Waals surface area contributed by atoms with Crippen LogP contribution < -0.4 is 0 Å². The summed E-state index contributed by atoms with van der Waals surface area (Å²) in [5.74, 6) is -1.30. The van der Waals surface area contributed by atoms with Crippen LogP contribution in [0.5, 0.6) is 0 Å². The quantitative estimate of drug-likeness (QED) is 0.0100. The molecule has 15 heteroatoms. The maximum atomic E-state index is 12.8. The highest BCUT2D eigenvalue weighted by molar-refractivity contribution is 7.47. The molecule has 64 heavy (non-hydrogen) atoms. The minimum atomic E-state index is -5.17. The number of esters is 2. The molecule has 0 heterocycles. The standard InChI is InChI=1S/C49H87O14P/c1-3-5-7-9-11-13-15-17-18-19-20-22-24-26-28-30-32-36-42(51)60-38-41(39-61-64(58,59)63-49-47(56)45(54)44(53)46(55)48(49)57)62-43(52)37-33-35-40(50)34-31-29-27-25-23-21-16-14-12-10-8-6-4-2/h17-18,21,23,27,29,31,34,40-41,44-50,53-57H,3-16,19-20,22,24-26,28,30,32-33,35-39H2,1-2H3,(H,58,59)/b18-17-,23-21+,29-27+,34-31+/t40?,41-,44?,45-,46+,47-,48-,49?/m1/s1. The zero-order chi connectivity index (χ0) is 47.3. The summed E-state index contributed by atoms with van der Waals surface area (Å²) in [6.07, 6.45) is 28.9. The molecule has 1 aliphatic rings. The van der Waals surface area contributed by atoms with E-state index in [-0.39, 0.29) is 25.7 Å². The van der Waals surface area contributed by atoms with Crippen LogP contribution in [0.1, 0.15) is 187 Å². The minimum absolute atomic E-state index is 0.122. The molecule has 0 bridgehead atoms. The smallest absolute Gasteiger partial charge is 0.462 e. The van der Waals surface area contributed by atoms with Crippen molar-refractivity contribution in [2.75, 3.05) is 13.2 Å². The molecule has 1 aliphatic carbocycles. The Morgan fingerprint density at radius 2 is 1.03 bits per heavy atom. The summed E-state index contributed by atoms with van der Waals surface area (Å²) in [6, 6.07) is 0. The third kappa shape index (κ3) is 30.9. The summed E-state index contributed by atoms with van der Waals surface area (Å²) in [5.41, 5.74) is 0. The van der Waals surface area contributed by atoms with Crippen LogP contribution in [-0.2, 0) is 32.7 Å². The van der Waals surface area contributed by atoms with Crippen molar-refractivity contribution in [1.82, 2.24) is 0 Å². The predicted octanol–water partition coefficient (Wildman–Crippen LogP) is 8.92. The molecule has 0 aliphatic heterocycles. The first kappa shape index (κ1) is 59.8. The number of aliphatic hydroxyl groups excluding tert-OH is 6. The number of phosphoric acid groups is 1. The van der Waals surface area contributed by atoms with Crippen LogP contribution in [-0.4, -0.2) is 110 Å². The van der Waals surface area contributed by atoms with Gasteiger partial charge in [0.25, 0.3) is 0 Å². The molecule has 0 amide bonds. The van der Waals surface area contributed by atoms with Gasteiger partial charge in [0.15, 0.2) is 6.10 Å². The number of unbranched alkanes of at least 4 members (excludes halogenated alkanes) is 19. The summed E-state index contributed by atoms with van der Waals surface area (Å²) in [7, 11) is -5.17. The zero-order valence-corrected chi connectivity index (χ0v) is 40.1. The number of rotatable bonds is 40. The number of carbonyl (C=O) groups excluding carboxylic acids is 2. The van der Waals surface area contributed by atoms with E-state index in [0.717, 1.165) is 44.9 Å². The van der Waals surface area contributed by atoms with Crippen molar-refractivity contribution in [3.05, 3.63) is 48.6 Å². The third-order valence-corrected chi connectivity index (χ3v) is 12.2. The molecule has 4 unspecified atom stereocenters. The lowest BCUT2D eigenvalue weighted by molar-refractivity contribution is -0.220. The normalized spacial score (nSPS) is 22.5. The molecule has 0 aromatic rings. The van der Waals surface area contributed by atoms with Gasteiger partial charge >= 0.3 is 19.8 Å². The molecule has 1 saturated carbocycles. The summed E-state index contributed by atoms with van der Waals surface area (Å²) >= 11 is 0. The number of allylic oxidation sites excluding steroid dienone is 7. The predicted molar refractivity (Wildman–Crippen MR) is 250 cm³/mol. The van der Waals surface area contributed by atoms with Crippen LogP contribution in [0.2, 0.25) is 0 Å². The number of hydrogen-bond donors (Lipinski definition) is 7. The van der Waals surface area contributed by atoms with Gasteiger partial charge in [0.2, 0.25) is 0 Å². The van der Waals surface area contributed by atoms with E-state index in [0.29, 0.717) is 6.42 Å². The Morgan fingerprint density at radius 3 is 1.58 bits per heavy atom. The molecule has 0 aromatic carbocycles. The fourth-order valence-electron chi connectivity index (χ4n) is 7.23. The molecule has 0 saturated heterocycles. The fourth-order valence-corrected chi connectivity index (χ4v) is 8.20. The fraction of sp³-hybridized carbons (Fsp3) is 0.796. The van der Waals surface area contributed by atoms with Gasteiger partial charge < -0.3 is 45.0 Å². The molecular formula is C49H87O14P. The molecular weight excluding hydrogens is 843 g/mol. The Bertz CT molecular complexity index is 1320. The van der Waals surface area contributed by atoms with Gasteiger partial charge in [0, 0.05) is 12.8 Å². The highest BCUT2D eigenvalue weighted by Gasteiger charge is 2.51. The topological polar surface area (TPSA) is 230 Å². The van der Waals surface area contributed by atoms with Crippen molar-refractivity contribution in [3.63, 3.8) is 0 Å². The van der Waals surface area contributed by atoms with E-state index in [9.17, 15) is 49.7 Å². The van der Waals surface area contributed by atoms with Crippen molar-refractivity contribution < 1.29 is 68.2 Å². The number of hydrogen-bond acceptors (Lipinski definition) is 13. The molecule has 0 aromatic heterocycles. The Kier molecular flexibility index (Phi) is 36.3. The van der Waals surface area contributed by atoms with Crippen molar-refractivity contribution >= 4 is 19.8 Å². The average Bonchev–Trinajstić information content (AvgIpc) is 3.27. The van der Waals surface area contributed by atoms with E-state index in [1.165, 1.54) is 96.3 Å². The second-order valence-corrected chi connectivity index (χ2v) is 18.6. The van der Waals surface area contributed by atoms with E-state index in [4.69, 9.17) is 18.5 Å². The largest absolute Gasteiger partial charge is 0.472 e. The van der Waals surface area contributed by atoms with Crippen molar-refractivity contribution in [3.8, 4) is 0 Å². The molecule has 0 spiro atoms. The third-order valence-electron chi connectivity index (χ3n) is 11.2. The molecule has 1 fully saturated rings. The van der Waals surface area contributed by atoms with Crippen LogP contribution >= 0.6 is 7.82 Å². The maximum Gasteiger partial charge on any atom is 0.472 e. The van der Waals surface area contributed by atoms with Crippen LogP contribution in [0.4, 0.5) is 0 Å². The van der Waals surface area contributed by atoms with Crippen LogP contribution in [0.15, 0.2) is 48.6 Å². The summed E-state index contributed by atoms with van der Waals surface area (Å²) in [5, 5.41) is 60.5. The Labute approximate surface area is 384 Å². The lowest BCUT2D eigenvalue weighted by Gasteiger charge is -2.41. The molecule has 0 radical (unpaired) electrons. The van der Waals surface area contributed by atoms with Crippen LogP contribution in [0.3, 0.4) is 0 Å². The molecule has 372 valence electrons. The minimum Gasteiger partial charge on any atom is -0.462 e. The Balaban J connectivity index is 2.52. The second kappa shape index (κ2) is 38.8. The lowest BCUT2D eigenvalue weighted by atomic mass is 9.85. The van der Waals surface area contributed by atoms with Gasteiger partial charge in [-0.2, -0.15) is 0 Å². The van der Waals surface area contributed by atoms with E-state index in [1.807, 2.05) is 12.2 Å².